The third-order valence-electron chi connectivity index (χ3n) is 6.16. The van der Waals surface area contributed by atoms with Crippen molar-refractivity contribution in [2.24, 2.45) is 0 Å². The van der Waals surface area contributed by atoms with E-state index in [-0.39, 0.29) is 17.7 Å². The van der Waals surface area contributed by atoms with Crippen LogP contribution in [-0.2, 0) is 14.9 Å². The van der Waals surface area contributed by atoms with Crippen LogP contribution < -0.4 is 0 Å². The van der Waals surface area contributed by atoms with Crippen LogP contribution in [0.1, 0.15) is 68.7 Å². The zero-order valence-electron chi connectivity index (χ0n) is 16.8. The summed E-state index contributed by atoms with van der Waals surface area (Å²) < 4.78 is 11.4. The van der Waals surface area contributed by atoms with Gasteiger partial charge in [0, 0.05) is 38.1 Å². The number of carbonyl (C=O) groups is 1. The molecule has 1 amide bonds. The lowest BCUT2D eigenvalue weighted by Crippen LogP contribution is -2.51. The SMILES string of the molecule is CC(C)c1nnc(C2CCN(C(=O)C3(c4ccccc4)CCOCC3)CC2)o1. The summed E-state index contributed by atoms with van der Waals surface area (Å²) >= 11 is 0. The van der Waals surface area contributed by atoms with E-state index >= 15 is 0 Å². The molecule has 2 aliphatic heterocycles. The summed E-state index contributed by atoms with van der Waals surface area (Å²) in [6.07, 6.45) is 3.23. The molecule has 0 spiro atoms. The summed E-state index contributed by atoms with van der Waals surface area (Å²) in [5.74, 6) is 2.14. The topological polar surface area (TPSA) is 68.5 Å². The van der Waals surface area contributed by atoms with Crippen LogP contribution in [0.2, 0.25) is 0 Å². The molecule has 6 heteroatoms. The molecule has 2 aliphatic rings. The smallest absolute Gasteiger partial charge is 0.233 e. The summed E-state index contributed by atoms with van der Waals surface area (Å²) in [6.45, 7) is 6.84. The molecule has 0 atom stereocenters. The Bertz CT molecular complexity index is 788. The van der Waals surface area contributed by atoms with Gasteiger partial charge in [0.15, 0.2) is 0 Å². The highest BCUT2D eigenvalue weighted by molar-refractivity contribution is 5.88. The van der Waals surface area contributed by atoms with Crippen LogP contribution >= 0.6 is 0 Å². The first-order chi connectivity index (χ1) is 13.6. The quantitative estimate of drug-likeness (QED) is 0.806. The number of hydrogen-bond donors (Lipinski definition) is 0. The van der Waals surface area contributed by atoms with E-state index in [0.717, 1.165) is 50.2 Å². The Morgan fingerprint density at radius 3 is 2.39 bits per heavy atom. The molecule has 1 aromatic heterocycles. The Morgan fingerprint density at radius 2 is 1.79 bits per heavy atom. The monoisotopic (exact) mass is 383 g/mol. The third-order valence-corrected chi connectivity index (χ3v) is 6.16. The number of ether oxygens (including phenoxy) is 1. The summed E-state index contributed by atoms with van der Waals surface area (Å²) in [5.41, 5.74) is 0.658. The van der Waals surface area contributed by atoms with E-state index in [1.165, 1.54) is 0 Å². The number of likely N-dealkylation sites (tertiary alicyclic amines) is 1. The average molecular weight is 383 g/mol. The minimum Gasteiger partial charge on any atom is -0.425 e. The largest absolute Gasteiger partial charge is 0.425 e. The number of rotatable bonds is 4. The second kappa shape index (κ2) is 8.03. The molecule has 1 aromatic carbocycles. The number of amides is 1. The van der Waals surface area contributed by atoms with Crippen LogP contribution in [0.3, 0.4) is 0 Å². The Morgan fingerprint density at radius 1 is 1.11 bits per heavy atom. The van der Waals surface area contributed by atoms with Crippen LogP contribution in [0.25, 0.3) is 0 Å². The van der Waals surface area contributed by atoms with Gasteiger partial charge in [-0.25, -0.2) is 0 Å². The predicted molar refractivity (Wildman–Crippen MR) is 105 cm³/mol. The van der Waals surface area contributed by atoms with Gasteiger partial charge in [-0.15, -0.1) is 10.2 Å². The van der Waals surface area contributed by atoms with Crippen molar-refractivity contribution in [1.82, 2.24) is 15.1 Å². The van der Waals surface area contributed by atoms with Gasteiger partial charge < -0.3 is 14.1 Å². The molecule has 4 rings (SSSR count). The molecular formula is C22H29N3O3. The number of hydrogen-bond acceptors (Lipinski definition) is 5. The predicted octanol–water partition coefficient (Wildman–Crippen LogP) is 3.65. The summed E-state index contributed by atoms with van der Waals surface area (Å²) in [6, 6.07) is 10.2. The highest BCUT2D eigenvalue weighted by Crippen LogP contribution is 2.38. The van der Waals surface area contributed by atoms with Crippen molar-refractivity contribution in [1.29, 1.82) is 0 Å². The molecule has 28 heavy (non-hydrogen) atoms. The summed E-state index contributed by atoms with van der Waals surface area (Å²) in [7, 11) is 0. The number of nitrogens with zero attached hydrogens (tertiary/aromatic N) is 3. The highest BCUT2D eigenvalue weighted by Gasteiger charge is 2.44. The first kappa shape index (κ1) is 19.1. The number of carbonyl (C=O) groups excluding carboxylic acids is 1. The Labute approximate surface area is 166 Å². The second-order valence-corrected chi connectivity index (χ2v) is 8.26. The molecule has 2 fully saturated rings. The highest BCUT2D eigenvalue weighted by atomic mass is 16.5. The van der Waals surface area contributed by atoms with Crippen molar-refractivity contribution in [3.63, 3.8) is 0 Å². The van der Waals surface area contributed by atoms with E-state index in [0.29, 0.717) is 19.1 Å². The standard InChI is InChI=1S/C22H29N3O3/c1-16(2)19-23-24-20(28-19)17-8-12-25(13-9-17)21(26)22(10-14-27-15-11-22)18-6-4-3-5-7-18/h3-7,16-17H,8-15H2,1-2H3. The normalized spacial score (nSPS) is 20.5. The molecule has 0 unspecified atom stereocenters. The lowest BCUT2D eigenvalue weighted by molar-refractivity contribution is -0.142. The van der Waals surface area contributed by atoms with Gasteiger partial charge >= 0.3 is 0 Å². The molecule has 3 heterocycles. The molecular weight excluding hydrogens is 354 g/mol. The van der Waals surface area contributed by atoms with Crippen LogP contribution in [0, 0.1) is 0 Å². The fourth-order valence-electron chi connectivity index (χ4n) is 4.38. The lowest BCUT2D eigenvalue weighted by atomic mass is 9.72. The van der Waals surface area contributed by atoms with E-state index in [1.54, 1.807) is 0 Å². The number of benzene rings is 1. The minimum atomic E-state index is -0.457. The number of piperidine rings is 1. The van der Waals surface area contributed by atoms with Crippen molar-refractivity contribution < 1.29 is 13.9 Å². The van der Waals surface area contributed by atoms with Crippen molar-refractivity contribution in [2.75, 3.05) is 26.3 Å². The van der Waals surface area contributed by atoms with E-state index in [1.807, 2.05) is 23.1 Å². The summed E-state index contributed by atoms with van der Waals surface area (Å²) in [5, 5.41) is 8.40. The minimum absolute atomic E-state index is 0.238. The molecule has 0 radical (unpaired) electrons. The van der Waals surface area contributed by atoms with Gasteiger partial charge in [0.2, 0.25) is 17.7 Å². The number of aromatic nitrogens is 2. The lowest BCUT2D eigenvalue weighted by Gasteiger charge is -2.42. The van der Waals surface area contributed by atoms with E-state index < -0.39 is 5.41 Å². The summed E-state index contributed by atoms with van der Waals surface area (Å²) in [4.78, 5) is 15.7. The van der Waals surface area contributed by atoms with Crippen LogP contribution in [0.15, 0.2) is 34.7 Å². The molecule has 0 aliphatic carbocycles. The van der Waals surface area contributed by atoms with Gasteiger partial charge in [0.1, 0.15) is 0 Å². The fourth-order valence-corrected chi connectivity index (χ4v) is 4.38. The average Bonchev–Trinajstić information content (AvgIpc) is 3.25. The van der Waals surface area contributed by atoms with Crippen molar-refractivity contribution in [3.05, 3.63) is 47.7 Å². The van der Waals surface area contributed by atoms with Gasteiger partial charge in [-0.2, -0.15) is 0 Å². The fraction of sp³-hybridized carbons (Fsp3) is 0.591. The van der Waals surface area contributed by atoms with Crippen molar-refractivity contribution in [3.8, 4) is 0 Å². The zero-order chi connectivity index (χ0) is 19.6. The molecule has 0 saturated carbocycles. The van der Waals surface area contributed by atoms with E-state index in [2.05, 4.69) is 36.2 Å². The molecule has 2 aromatic rings. The first-order valence-corrected chi connectivity index (χ1v) is 10.4. The third kappa shape index (κ3) is 3.58. The van der Waals surface area contributed by atoms with Crippen molar-refractivity contribution in [2.45, 2.75) is 56.8 Å². The maximum atomic E-state index is 13.6. The first-order valence-electron chi connectivity index (χ1n) is 10.4. The van der Waals surface area contributed by atoms with E-state index in [4.69, 9.17) is 9.15 Å². The van der Waals surface area contributed by atoms with Gasteiger partial charge in [-0.3, -0.25) is 4.79 Å². The van der Waals surface area contributed by atoms with Gasteiger partial charge in [0.05, 0.1) is 5.41 Å². The van der Waals surface area contributed by atoms with Gasteiger partial charge in [0.25, 0.3) is 0 Å². The van der Waals surface area contributed by atoms with Crippen LogP contribution in [0.5, 0.6) is 0 Å². The van der Waals surface area contributed by atoms with E-state index in [9.17, 15) is 4.79 Å². The maximum absolute atomic E-state index is 13.6. The molecule has 150 valence electrons. The maximum Gasteiger partial charge on any atom is 0.233 e. The molecule has 0 bridgehead atoms. The van der Waals surface area contributed by atoms with Crippen LogP contribution in [-0.4, -0.2) is 47.3 Å². The van der Waals surface area contributed by atoms with Gasteiger partial charge in [-0.05, 0) is 31.2 Å². The molecule has 6 nitrogen and oxygen atoms in total. The van der Waals surface area contributed by atoms with Crippen LogP contribution in [0.4, 0.5) is 0 Å². The Balaban J connectivity index is 1.47. The van der Waals surface area contributed by atoms with Crippen molar-refractivity contribution >= 4 is 5.91 Å². The zero-order valence-corrected chi connectivity index (χ0v) is 16.8. The Hall–Kier alpha value is -2.21. The molecule has 2 saturated heterocycles. The molecule has 0 N–H and O–H groups in total. The second-order valence-electron chi connectivity index (χ2n) is 8.26. The Kier molecular flexibility index (Phi) is 5.49. The van der Waals surface area contributed by atoms with Gasteiger partial charge in [-0.1, -0.05) is 44.2 Å².